The number of carboxylic acids is 1. The van der Waals surface area contributed by atoms with Crippen LogP contribution in [0.2, 0.25) is 0 Å². The fraction of sp³-hybridized carbons (Fsp3) is 0.412. The number of rotatable bonds is 5. The Morgan fingerprint density at radius 2 is 1.88 bits per heavy atom. The lowest BCUT2D eigenvalue weighted by Crippen LogP contribution is -2.36. The quantitative estimate of drug-likeness (QED) is 0.878. The van der Waals surface area contributed by atoms with Crippen molar-refractivity contribution >= 4 is 16.0 Å². The average Bonchev–Trinajstić information content (AvgIpc) is 3.03. The molecule has 2 aromatic rings. The molecular weight excluding hydrogens is 342 g/mol. The third-order valence-electron chi connectivity index (χ3n) is 4.45. The number of carbonyl (C=O) groups is 1. The van der Waals surface area contributed by atoms with Gasteiger partial charge >= 0.3 is 5.97 Å². The summed E-state index contributed by atoms with van der Waals surface area (Å²) >= 11 is 0. The van der Waals surface area contributed by atoms with Gasteiger partial charge in [0, 0.05) is 19.3 Å². The number of aromatic nitrogens is 2. The molecule has 0 amide bonds. The van der Waals surface area contributed by atoms with E-state index in [1.165, 1.54) is 15.2 Å². The lowest BCUT2D eigenvalue weighted by molar-refractivity contribution is 0.0692. The van der Waals surface area contributed by atoms with Crippen molar-refractivity contribution in [3.8, 4) is 0 Å². The molecule has 1 aliphatic heterocycles. The average molecular weight is 363 g/mol. The van der Waals surface area contributed by atoms with Crippen LogP contribution in [0.15, 0.2) is 35.5 Å². The Kier molecular flexibility index (Phi) is 4.91. The molecule has 1 N–H and O–H groups in total. The van der Waals surface area contributed by atoms with Gasteiger partial charge in [0.1, 0.15) is 5.56 Å². The zero-order chi connectivity index (χ0) is 18.0. The maximum atomic E-state index is 12.8. The fourth-order valence-corrected chi connectivity index (χ4v) is 4.62. The van der Waals surface area contributed by atoms with Gasteiger partial charge in [-0.1, -0.05) is 30.7 Å². The van der Waals surface area contributed by atoms with E-state index in [1.807, 2.05) is 31.2 Å². The summed E-state index contributed by atoms with van der Waals surface area (Å²) in [6, 6.07) is 7.66. The molecule has 1 aliphatic rings. The van der Waals surface area contributed by atoms with Crippen LogP contribution in [0, 0.1) is 6.92 Å². The van der Waals surface area contributed by atoms with E-state index in [1.54, 1.807) is 0 Å². The van der Waals surface area contributed by atoms with Gasteiger partial charge in [-0.15, -0.1) is 0 Å². The highest BCUT2D eigenvalue weighted by atomic mass is 32.2. The smallest absolute Gasteiger partial charge is 0.340 e. The summed E-state index contributed by atoms with van der Waals surface area (Å²) in [4.78, 5) is 11.5. The van der Waals surface area contributed by atoms with Crippen molar-refractivity contribution in [1.29, 1.82) is 0 Å². The number of aryl methyl sites for hydroxylation is 1. The van der Waals surface area contributed by atoms with Crippen LogP contribution in [0.5, 0.6) is 0 Å². The molecule has 3 rings (SSSR count). The molecule has 8 heteroatoms. The lowest BCUT2D eigenvalue weighted by atomic mass is 10.1. The molecule has 0 saturated carbocycles. The second-order valence-corrected chi connectivity index (χ2v) is 8.10. The van der Waals surface area contributed by atoms with Crippen LogP contribution >= 0.6 is 0 Å². The summed E-state index contributed by atoms with van der Waals surface area (Å²) in [5.74, 6) is -1.29. The second kappa shape index (κ2) is 6.97. The maximum Gasteiger partial charge on any atom is 0.340 e. The number of nitrogens with zero attached hydrogens (tertiary/aromatic N) is 3. The van der Waals surface area contributed by atoms with E-state index in [0.29, 0.717) is 19.6 Å². The van der Waals surface area contributed by atoms with Gasteiger partial charge in [0.2, 0.25) is 5.03 Å². The first-order valence-electron chi connectivity index (χ1n) is 8.25. The Balaban J connectivity index is 1.98. The third kappa shape index (κ3) is 3.59. The lowest BCUT2D eigenvalue weighted by Gasteiger charge is -2.25. The molecule has 1 aromatic heterocycles. The standard InChI is InChI=1S/C17H21N3O4S/c1-13-7-3-4-8-14(13)11-19-12-15(17(21)22)16(18-19)25(23,24)20-9-5-2-6-10-20/h3-4,7-8,12H,2,5-6,9-11H2,1H3,(H,21,22). The molecule has 1 aromatic carbocycles. The molecule has 0 spiro atoms. The van der Waals surface area contributed by atoms with Crippen LogP contribution in [-0.4, -0.2) is 46.7 Å². The number of hydrogen-bond acceptors (Lipinski definition) is 4. The van der Waals surface area contributed by atoms with Gasteiger partial charge < -0.3 is 5.11 Å². The van der Waals surface area contributed by atoms with Crippen molar-refractivity contribution in [3.05, 3.63) is 47.2 Å². The predicted molar refractivity (Wildman–Crippen MR) is 92.1 cm³/mol. The molecule has 2 heterocycles. The van der Waals surface area contributed by atoms with Gasteiger partial charge in [0.15, 0.2) is 0 Å². The molecule has 0 radical (unpaired) electrons. The summed E-state index contributed by atoms with van der Waals surface area (Å²) < 4.78 is 28.4. The summed E-state index contributed by atoms with van der Waals surface area (Å²) in [7, 11) is -3.90. The Morgan fingerprint density at radius 3 is 2.52 bits per heavy atom. The largest absolute Gasteiger partial charge is 0.478 e. The molecule has 25 heavy (non-hydrogen) atoms. The SMILES string of the molecule is Cc1ccccc1Cn1cc(C(=O)O)c(S(=O)(=O)N2CCCCC2)n1. The van der Waals surface area contributed by atoms with Crippen molar-refractivity contribution in [3.63, 3.8) is 0 Å². The van der Waals surface area contributed by atoms with Crippen molar-refractivity contribution < 1.29 is 18.3 Å². The van der Waals surface area contributed by atoms with Crippen molar-refractivity contribution in [2.24, 2.45) is 0 Å². The molecule has 1 saturated heterocycles. The maximum absolute atomic E-state index is 12.8. The van der Waals surface area contributed by atoms with E-state index < -0.39 is 16.0 Å². The van der Waals surface area contributed by atoms with E-state index >= 15 is 0 Å². The molecular formula is C17H21N3O4S. The first-order chi connectivity index (χ1) is 11.9. The number of carboxylic acid groups (broad SMARTS) is 1. The zero-order valence-electron chi connectivity index (χ0n) is 14.1. The van der Waals surface area contributed by atoms with Crippen LogP contribution in [0.3, 0.4) is 0 Å². The molecule has 7 nitrogen and oxygen atoms in total. The Morgan fingerprint density at radius 1 is 1.20 bits per heavy atom. The highest BCUT2D eigenvalue weighted by Gasteiger charge is 2.33. The number of aromatic carboxylic acids is 1. The van der Waals surface area contributed by atoms with E-state index in [4.69, 9.17) is 0 Å². The molecule has 0 unspecified atom stereocenters. The number of benzene rings is 1. The van der Waals surface area contributed by atoms with Gasteiger partial charge in [-0.05, 0) is 30.9 Å². The Labute approximate surface area is 146 Å². The van der Waals surface area contributed by atoms with Gasteiger partial charge in [-0.25, -0.2) is 13.2 Å². The summed E-state index contributed by atoms with van der Waals surface area (Å²) in [5.41, 5.74) is 1.72. The molecule has 1 fully saturated rings. The molecule has 0 atom stereocenters. The summed E-state index contributed by atoms with van der Waals surface area (Å²) in [6.45, 7) is 3.09. The summed E-state index contributed by atoms with van der Waals surface area (Å²) in [5, 5.41) is 13.2. The van der Waals surface area contributed by atoms with Crippen molar-refractivity contribution in [2.45, 2.75) is 37.8 Å². The normalized spacial score (nSPS) is 16.0. The first-order valence-corrected chi connectivity index (χ1v) is 9.69. The fourth-order valence-electron chi connectivity index (χ4n) is 3.01. The second-order valence-electron chi connectivity index (χ2n) is 6.24. The third-order valence-corrected chi connectivity index (χ3v) is 6.29. The first kappa shape index (κ1) is 17.6. The van der Waals surface area contributed by atoms with Crippen LogP contribution < -0.4 is 0 Å². The Bertz CT molecular complexity index is 883. The minimum Gasteiger partial charge on any atom is -0.478 e. The Hall–Kier alpha value is -2.19. The zero-order valence-corrected chi connectivity index (χ0v) is 14.9. The number of piperidine rings is 1. The van der Waals surface area contributed by atoms with Gasteiger partial charge in [0.05, 0.1) is 6.54 Å². The van der Waals surface area contributed by atoms with Gasteiger partial charge in [0.25, 0.3) is 10.0 Å². The van der Waals surface area contributed by atoms with Gasteiger partial charge in [-0.3, -0.25) is 4.68 Å². The molecule has 0 aliphatic carbocycles. The van der Waals surface area contributed by atoms with Gasteiger partial charge in [-0.2, -0.15) is 9.40 Å². The minimum atomic E-state index is -3.90. The highest BCUT2D eigenvalue weighted by Crippen LogP contribution is 2.23. The van der Waals surface area contributed by atoms with Crippen molar-refractivity contribution in [2.75, 3.05) is 13.1 Å². The van der Waals surface area contributed by atoms with E-state index in [9.17, 15) is 18.3 Å². The minimum absolute atomic E-state index is 0.279. The monoisotopic (exact) mass is 363 g/mol. The molecule has 0 bridgehead atoms. The van der Waals surface area contributed by atoms with Crippen LogP contribution in [0.25, 0.3) is 0 Å². The number of sulfonamides is 1. The van der Waals surface area contributed by atoms with Crippen LogP contribution in [0.1, 0.15) is 40.7 Å². The van der Waals surface area contributed by atoms with Crippen LogP contribution in [-0.2, 0) is 16.6 Å². The predicted octanol–water partition coefficient (Wildman–Crippen LogP) is 2.11. The molecule has 134 valence electrons. The number of hydrogen-bond donors (Lipinski definition) is 1. The topological polar surface area (TPSA) is 92.5 Å². The van der Waals surface area contributed by atoms with E-state index in [0.717, 1.165) is 30.4 Å². The highest BCUT2D eigenvalue weighted by molar-refractivity contribution is 7.89. The van der Waals surface area contributed by atoms with Crippen molar-refractivity contribution in [1.82, 2.24) is 14.1 Å². The van der Waals surface area contributed by atoms with E-state index in [-0.39, 0.29) is 10.6 Å². The van der Waals surface area contributed by atoms with E-state index in [2.05, 4.69) is 5.10 Å². The van der Waals surface area contributed by atoms with Crippen LogP contribution in [0.4, 0.5) is 0 Å². The summed E-state index contributed by atoms with van der Waals surface area (Å²) in [6.07, 6.45) is 3.85.